The first-order valence-corrected chi connectivity index (χ1v) is 35.1. The second-order valence-corrected chi connectivity index (χ2v) is 23.4. The molecule has 6 nitrogen and oxygen atoms in total. The molecule has 0 aromatic rings. The maximum Gasteiger partial charge on any atom is 0.306 e. The molecule has 468 valence electrons. The second kappa shape index (κ2) is 69.1. The Bertz CT molecular complexity index is 1530. The van der Waals surface area contributed by atoms with Crippen molar-refractivity contribution in [3.63, 3.8) is 0 Å². The van der Waals surface area contributed by atoms with E-state index in [0.717, 1.165) is 109 Å². The van der Waals surface area contributed by atoms with E-state index in [-0.39, 0.29) is 31.1 Å². The molecule has 0 saturated carbocycles. The summed E-state index contributed by atoms with van der Waals surface area (Å²) in [6.45, 7) is 6.49. The van der Waals surface area contributed by atoms with Gasteiger partial charge in [-0.3, -0.25) is 14.4 Å². The summed E-state index contributed by atoms with van der Waals surface area (Å²) in [6, 6.07) is 0. The molecule has 0 aromatic carbocycles. The summed E-state index contributed by atoms with van der Waals surface area (Å²) < 4.78 is 16.8. The maximum absolute atomic E-state index is 12.9. The highest BCUT2D eigenvalue weighted by Gasteiger charge is 2.19. The Labute approximate surface area is 503 Å². The largest absolute Gasteiger partial charge is 0.462 e. The van der Waals surface area contributed by atoms with Gasteiger partial charge in [0.05, 0.1) is 0 Å². The summed E-state index contributed by atoms with van der Waals surface area (Å²) in [5.74, 6) is -0.868. The first-order valence-electron chi connectivity index (χ1n) is 35.1. The van der Waals surface area contributed by atoms with Crippen LogP contribution in [0.25, 0.3) is 0 Å². The number of allylic oxidation sites excluding steroid dienone is 14. The van der Waals surface area contributed by atoms with E-state index in [1.54, 1.807) is 0 Å². The number of rotatable bonds is 64. The SMILES string of the molecule is CC/C=C\C/C=C\C/C=C\C/C=C\C/C=C\C/C=C\C/C=C\CCCCCCCCCCCCCCCC(=O)OCC(COC(=O)CCCCCCC)OC(=O)CCCCCCCCCCCCCCCCCCCCCCCCC. The van der Waals surface area contributed by atoms with Gasteiger partial charge in [-0.15, -0.1) is 0 Å². The van der Waals surface area contributed by atoms with Gasteiger partial charge in [0.25, 0.3) is 0 Å². The van der Waals surface area contributed by atoms with Gasteiger partial charge in [0.1, 0.15) is 13.2 Å². The Balaban J connectivity index is 3.96. The average Bonchev–Trinajstić information content (AvgIpc) is 3.47. The van der Waals surface area contributed by atoms with E-state index in [1.165, 1.54) is 205 Å². The third-order valence-electron chi connectivity index (χ3n) is 15.4. The lowest BCUT2D eigenvalue weighted by molar-refractivity contribution is -0.167. The highest BCUT2D eigenvalue weighted by atomic mass is 16.6. The molecule has 0 aromatic heterocycles. The van der Waals surface area contributed by atoms with Crippen molar-refractivity contribution in [2.24, 2.45) is 0 Å². The molecule has 1 unspecified atom stereocenters. The highest BCUT2D eigenvalue weighted by Crippen LogP contribution is 2.18. The van der Waals surface area contributed by atoms with Crippen molar-refractivity contribution < 1.29 is 28.6 Å². The van der Waals surface area contributed by atoms with Crippen molar-refractivity contribution in [1.29, 1.82) is 0 Å². The monoisotopic (exact) mass is 1130 g/mol. The fourth-order valence-corrected chi connectivity index (χ4v) is 10.2. The summed E-state index contributed by atoms with van der Waals surface area (Å²) >= 11 is 0. The van der Waals surface area contributed by atoms with Gasteiger partial charge in [0, 0.05) is 19.3 Å². The number of hydrogen-bond donors (Lipinski definition) is 0. The van der Waals surface area contributed by atoms with Crippen LogP contribution in [0.5, 0.6) is 0 Å². The first-order chi connectivity index (χ1) is 40.0. The van der Waals surface area contributed by atoms with Gasteiger partial charge >= 0.3 is 17.9 Å². The Morgan fingerprint density at radius 3 is 0.753 bits per heavy atom. The smallest absolute Gasteiger partial charge is 0.306 e. The van der Waals surface area contributed by atoms with E-state index in [4.69, 9.17) is 14.2 Å². The average molecular weight is 1130 g/mol. The molecular formula is C75H132O6. The number of ether oxygens (including phenoxy) is 3. The molecule has 0 N–H and O–H groups in total. The minimum absolute atomic E-state index is 0.0720. The Hall–Kier alpha value is -3.41. The van der Waals surface area contributed by atoms with E-state index in [2.05, 4.69) is 106 Å². The van der Waals surface area contributed by atoms with Gasteiger partial charge in [0.2, 0.25) is 0 Å². The van der Waals surface area contributed by atoms with Crippen molar-refractivity contribution in [1.82, 2.24) is 0 Å². The van der Waals surface area contributed by atoms with Crippen LogP contribution >= 0.6 is 0 Å². The molecule has 0 radical (unpaired) electrons. The summed E-state index contributed by atoms with van der Waals surface area (Å²) in [7, 11) is 0. The standard InChI is InChI=1S/C75H132O6/c1-4-7-10-13-15-17-19-21-23-25-27-29-31-32-33-34-35-36-37-38-39-40-41-42-44-45-47-49-51-53-55-57-59-62-65-68-74(77)80-71-72(70-79-73(76)67-64-61-12-9-6-3)81-75(78)69-66-63-60-58-56-54-52-50-48-46-43-30-28-26-24-22-20-18-16-14-11-8-5-2/h7,10,15,17,21,23,27,29,32-33,35-36,38-39,72H,4-6,8-9,11-14,16,18-20,22,24-26,28,30-31,34,37,40-71H2,1-3H3/b10-7-,17-15-,23-21-,29-27-,33-32-,36-35-,39-38-. The molecule has 0 aliphatic heterocycles. The lowest BCUT2D eigenvalue weighted by atomic mass is 10.0. The van der Waals surface area contributed by atoms with Gasteiger partial charge in [-0.05, 0) is 77.0 Å². The van der Waals surface area contributed by atoms with Crippen LogP contribution in [-0.2, 0) is 28.6 Å². The third kappa shape index (κ3) is 67.3. The van der Waals surface area contributed by atoms with E-state index in [9.17, 15) is 14.4 Å². The maximum atomic E-state index is 12.9. The van der Waals surface area contributed by atoms with Gasteiger partial charge in [-0.2, -0.15) is 0 Å². The van der Waals surface area contributed by atoms with Crippen LogP contribution in [0.15, 0.2) is 85.1 Å². The molecule has 0 fully saturated rings. The van der Waals surface area contributed by atoms with Gasteiger partial charge in [0.15, 0.2) is 6.10 Å². The van der Waals surface area contributed by atoms with Crippen LogP contribution in [-0.4, -0.2) is 37.2 Å². The molecular weight excluding hydrogens is 997 g/mol. The van der Waals surface area contributed by atoms with Gasteiger partial charge < -0.3 is 14.2 Å². The molecule has 0 spiro atoms. The molecule has 6 heteroatoms. The normalized spacial score (nSPS) is 12.6. The van der Waals surface area contributed by atoms with Crippen LogP contribution in [0.1, 0.15) is 355 Å². The Kier molecular flexibility index (Phi) is 66.2. The van der Waals surface area contributed by atoms with E-state index < -0.39 is 6.10 Å². The zero-order valence-electron chi connectivity index (χ0n) is 53.8. The first kappa shape index (κ1) is 77.6. The van der Waals surface area contributed by atoms with Gasteiger partial charge in [-0.1, -0.05) is 343 Å². The third-order valence-corrected chi connectivity index (χ3v) is 15.4. The molecule has 1 atom stereocenters. The minimum atomic E-state index is -0.770. The quantitative estimate of drug-likeness (QED) is 0.0261. The Morgan fingerprint density at radius 1 is 0.259 bits per heavy atom. The predicted octanol–water partition coefficient (Wildman–Crippen LogP) is 24.2. The summed E-state index contributed by atoms with van der Waals surface area (Å²) in [6.07, 6.45) is 92.4. The Morgan fingerprint density at radius 2 is 0.481 bits per heavy atom. The number of hydrogen-bond acceptors (Lipinski definition) is 6. The fourth-order valence-electron chi connectivity index (χ4n) is 10.2. The fraction of sp³-hybridized carbons (Fsp3) is 0.773. The molecule has 0 heterocycles. The molecule has 0 rings (SSSR count). The van der Waals surface area contributed by atoms with Crippen molar-refractivity contribution in [2.75, 3.05) is 13.2 Å². The molecule has 0 bridgehead atoms. The summed E-state index contributed by atoms with van der Waals surface area (Å²) in [4.78, 5) is 38.0. The summed E-state index contributed by atoms with van der Waals surface area (Å²) in [5.41, 5.74) is 0. The van der Waals surface area contributed by atoms with E-state index in [0.29, 0.717) is 19.3 Å². The van der Waals surface area contributed by atoms with Crippen molar-refractivity contribution in [3.05, 3.63) is 85.1 Å². The predicted molar refractivity (Wildman–Crippen MR) is 353 cm³/mol. The second-order valence-electron chi connectivity index (χ2n) is 23.4. The molecule has 0 aliphatic rings. The van der Waals surface area contributed by atoms with Gasteiger partial charge in [-0.25, -0.2) is 0 Å². The number of carbonyl (C=O) groups is 3. The van der Waals surface area contributed by atoms with Crippen LogP contribution in [0.4, 0.5) is 0 Å². The van der Waals surface area contributed by atoms with Crippen molar-refractivity contribution >= 4 is 17.9 Å². The lowest BCUT2D eigenvalue weighted by Gasteiger charge is -2.18. The number of unbranched alkanes of at least 4 members (excludes halogenated alkanes) is 39. The van der Waals surface area contributed by atoms with E-state index in [1.807, 2.05) is 0 Å². The van der Waals surface area contributed by atoms with Crippen molar-refractivity contribution in [2.45, 2.75) is 361 Å². The summed E-state index contributed by atoms with van der Waals surface area (Å²) in [5, 5.41) is 0. The van der Waals surface area contributed by atoms with Crippen LogP contribution in [0, 0.1) is 0 Å². The topological polar surface area (TPSA) is 78.9 Å². The number of carbonyl (C=O) groups excluding carboxylic acids is 3. The van der Waals surface area contributed by atoms with Crippen molar-refractivity contribution in [3.8, 4) is 0 Å². The van der Waals surface area contributed by atoms with Crippen LogP contribution in [0.3, 0.4) is 0 Å². The van der Waals surface area contributed by atoms with E-state index >= 15 is 0 Å². The highest BCUT2D eigenvalue weighted by molar-refractivity contribution is 5.71. The number of esters is 3. The molecule has 0 saturated heterocycles. The lowest BCUT2D eigenvalue weighted by Crippen LogP contribution is -2.30. The zero-order valence-corrected chi connectivity index (χ0v) is 53.8. The zero-order chi connectivity index (χ0) is 58.5. The molecule has 81 heavy (non-hydrogen) atoms. The van der Waals surface area contributed by atoms with Crippen LogP contribution in [0.2, 0.25) is 0 Å². The van der Waals surface area contributed by atoms with Crippen LogP contribution < -0.4 is 0 Å². The molecule has 0 aliphatic carbocycles. The minimum Gasteiger partial charge on any atom is -0.462 e. The molecule has 0 amide bonds.